The van der Waals surface area contributed by atoms with Gasteiger partial charge in [0, 0.05) is 13.1 Å². The summed E-state index contributed by atoms with van der Waals surface area (Å²) in [5, 5.41) is 3.29. The van der Waals surface area contributed by atoms with Crippen LogP contribution in [0.4, 0.5) is 0 Å². The molecule has 1 fully saturated rings. The molecule has 0 spiro atoms. The van der Waals surface area contributed by atoms with Crippen molar-refractivity contribution in [3.8, 4) is 0 Å². The Balaban J connectivity index is 0.00000196. The zero-order chi connectivity index (χ0) is 10.7. The smallest absolute Gasteiger partial charge is 0.211 e. The summed E-state index contributed by atoms with van der Waals surface area (Å²) in [6.07, 6.45) is 2.22. The Labute approximate surface area is 98.7 Å². The first kappa shape index (κ1) is 15.2. The van der Waals surface area contributed by atoms with Crippen molar-refractivity contribution in [2.75, 3.05) is 25.4 Å². The van der Waals surface area contributed by atoms with E-state index < -0.39 is 10.0 Å². The molecule has 0 amide bonds. The van der Waals surface area contributed by atoms with Crippen LogP contribution in [0.15, 0.2) is 0 Å². The van der Waals surface area contributed by atoms with Crippen LogP contribution in [0.1, 0.15) is 26.7 Å². The summed E-state index contributed by atoms with van der Waals surface area (Å²) >= 11 is 0. The van der Waals surface area contributed by atoms with Gasteiger partial charge < -0.3 is 5.32 Å². The lowest BCUT2D eigenvalue weighted by molar-refractivity contribution is 0.238. The van der Waals surface area contributed by atoms with E-state index in [-0.39, 0.29) is 23.6 Å². The molecule has 1 unspecified atom stereocenters. The van der Waals surface area contributed by atoms with Gasteiger partial charge >= 0.3 is 0 Å². The van der Waals surface area contributed by atoms with Crippen molar-refractivity contribution in [3.05, 3.63) is 0 Å². The zero-order valence-corrected chi connectivity index (χ0v) is 11.0. The van der Waals surface area contributed by atoms with Gasteiger partial charge in [0.05, 0.1) is 5.75 Å². The molecular formula is C9H21ClN2O2S. The molecule has 92 valence electrons. The quantitative estimate of drug-likeness (QED) is 0.780. The van der Waals surface area contributed by atoms with Crippen molar-refractivity contribution < 1.29 is 8.42 Å². The van der Waals surface area contributed by atoms with Crippen LogP contribution in [0.3, 0.4) is 0 Å². The van der Waals surface area contributed by atoms with Crippen LogP contribution in [0.5, 0.6) is 0 Å². The van der Waals surface area contributed by atoms with Crippen molar-refractivity contribution in [2.45, 2.75) is 26.7 Å². The van der Waals surface area contributed by atoms with Gasteiger partial charge in [-0.15, -0.1) is 12.4 Å². The molecular weight excluding hydrogens is 236 g/mol. The minimum atomic E-state index is -3.03. The maximum atomic E-state index is 11.3. The van der Waals surface area contributed by atoms with E-state index in [0.29, 0.717) is 6.54 Å². The Morgan fingerprint density at radius 3 is 2.60 bits per heavy atom. The number of piperidine rings is 1. The predicted octanol–water partition coefficient (Wildman–Crippen LogP) is 0.737. The van der Waals surface area contributed by atoms with Crippen LogP contribution in [-0.2, 0) is 10.0 Å². The van der Waals surface area contributed by atoms with Crippen LogP contribution in [0, 0.1) is 5.41 Å². The molecule has 0 aliphatic carbocycles. The Morgan fingerprint density at radius 1 is 1.47 bits per heavy atom. The van der Waals surface area contributed by atoms with Crippen LogP contribution in [0.25, 0.3) is 0 Å². The fourth-order valence-corrected chi connectivity index (χ4v) is 2.43. The van der Waals surface area contributed by atoms with Gasteiger partial charge in [-0.3, -0.25) is 0 Å². The third kappa shape index (κ3) is 5.15. The first-order valence-corrected chi connectivity index (χ1v) is 6.81. The van der Waals surface area contributed by atoms with E-state index in [1.54, 1.807) is 6.92 Å². The molecule has 4 nitrogen and oxygen atoms in total. The van der Waals surface area contributed by atoms with E-state index in [9.17, 15) is 8.42 Å². The van der Waals surface area contributed by atoms with E-state index in [0.717, 1.165) is 25.9 Å². The molecule has 2 N–H and O–H groups in total. The largest absolute Gasteiger partial charge is 0.316 e. The van der Waals surface area contributed by atoms with E-state index in [2.05, 4.69) is 17.0 Å². The van der Waals surface area contributed by atoms with Crippen LogP contribution in [0.2, 0.25) is 0 Å². The Kier molecular flexibility index (Phi) is 6.10. The third-order valence-electron chi connectivity index (χ3n) is 2.78. The lowest BCUT2D eigenvalue weighted by Gasteiger charge is -2.34. The lowest BCUT2D eigenvalue weighted by Crippen LogP contribution is -2.45. The normalized spacial score (nSPS) is 27.1. The average molecular weight is 257 g/mol. The van der Waals surface area contributed by atoms with E-state index in [4.69, 9.17) is 0 Å². The zero-order valence-electron chi connectivity index (χ0n) is 9.38. The molecule has 1 rings (SSSR count). The molecule has 0 bridgehead atoms. The van der Waals surface area contributed by atoms with Crippen LogP contribution < -0.4 is 10.0 Å². The monoisotopic (exact) mass is 256 g/mol. The van der Waals surface area contributed by atoms with E-state index in [1.165, 1.54) is 0 Å². The highest BCUT2D eigenvalue weighted by molar-refractivity contribution is 7.89. The minimum absolute atomic E-state index is 0. The van der Waals surface area contributed by atoms with Gasteiger partial charge in [-0.25, -0.2) is 13.1 Å². The standard InChI is InChI=1S/C9H20N2O2S.ClH/c1-3-14(12,13)11-8-9(2)5-4-6-10-7-9;/h10-11H,3-8H2,1-2H3;1H. The molecule has 1 aliphatic heterocycles. The second kappa shape index (κ2) is 6.03. The highest BCUT2D eigenvalue weighted by Crippen LogP contribution is 2.24. The molecule has 1 heterocycles. The van der Waals surface area contributed by atoms with Crippen molar-refractivity contribution >= 4 is 22.4 Å². The third-order valence-corrected chi connectivity index (χ3v) is 4.13. The molecule has 0 aromatic carbocycles. The van der Waals surface area contributed by atoms with Crippen molar-refractivity contribution in [1.29, 1.82) is 0 Å². The lowest BCUT2D eigenvalue weighted by atomic mass is 9.83. The number of nitrogens with one attached hydrogen (secondary N) is 2. The van der Waals surface area contributed by atoms with Crippen LogP contribution in [-0.4, -0.2) is 33.8 Å². The minimum Gasteiger partial charge on any atom is -0.316 e. The Bertz CT molecular complexity index is 274. The number of sulfonamides is 1. The van der Waals surface area contributed by atoms with E-state index in [1.807, 2.05) is 0 Å². The van der Waals surface area contributed by atoms with Gasteiger partial charge in [0.15, 0.2) is 0 Å². The van der Waals surface area contributed by atoms with Crippen molar-refractivity contribution in [1.82, 2.24) is 10.0 Å². The predicted molar refractivity (Wildman–Crippen MR) is 64.9 cm³/mol. The van der Waals surface area contributed by atoms with Gasteiger partial charge in [0.25, 0.3) is 0 Å². The van der Waals surface area contributed by atoms with Gasteiger partial charge in [-0.2, -0.15) is 0 Å². The summed E-state index contributed by atoms with van der Waals surface area (Å²) < 4.78 is 25.2. The molecule has 15 heavy (non-hydrogen) atoms. The second-order valence-electron chi connectivity index (χ2n) is 4.32. The highest BCUT2D eigenvalue weighted by atomic mass is 35.5. The molecule has 1 saturated heterocycles. The van der Waals surface area contributed by atoms with Crippen molar-refractivity contribution in [2.24, 2.45) is 5.41 Å². The fraction of sp³-hybridized carbons (Fsp3) is 1.00. The maximum absolute atomic E-state index is 11.3. The SMILES string of the molecule is CCS(=O)(=O)NCC1(C)CCCNC1.Cl. The summed E-state index contributed by atoms with van der Waals surface area (Å²) in [4.78, 5) is 0. The van der Waals surface area contributed by atoms with Crippen molar-refractivity contribution in [3.63, 3.8) is 0 Å². The molecule has 0 aromatic heterocycles. The topological polar surface area (TPSA) is 58.2 Å². The molecule has 6 heteroatoms. The number of rotatable bonds is 4. The highest BCUT2D eigenvalue weighted by Gasteiger charge is 2.27. The first-order valence-electron chi connectivity index (χ1n) is 5.15. The molecule has 0 radical (unpaired) electrons. The molecule has 1 atom stereocenters. The second-order valence-corrected chi connectivity index (χ2v) is 6.41. The first-order chi connectivity index (χ1) is 6.47. The summed E-state index contributed by atoms with van der Waals surface area (Å²) in [6, 6.07) is 0. The maximum Gasteiger partial charge on any atom is 0.211 e. The summed E-state index contributed by atoms with van der Waals surface area (Å²) in [5.41, 5.74) is 0.0838. The number of halogens is 1. The van der Waals surface area contributed by atoms with Gasteiger partial charge in [0.2, 0.25) is 10.0 Å². The van der Waals surface area contributed by atoms with Gasteiger partial charge in [-0.05, 0) is 31.7 Å². The molecule has 1 aliphatic rings. The summed E-state index contributed by atoms with van der Waals surface area (Å²) in [5.74, 6) is 0.163. The Morgan fingerprint density at radius 2 is 2.13 bits per heavy atom. The molecule has 0 aromatic rings. The number of hydrogen-bond acceptors (Lipinski definition) is 3. The summed E-state index contributed by atoms with van der Waals surface area (Å²) in [6.45, 7) is 6.28. The summed E-state index contributed by atoms with van der Waals surface area (Å²) in [7, 11) is -3.03. The fourth-order valence-electron chi connectivity index (χ4n) is 1.66. The van der Waals surface area contributed by atoms with Crippen LogP contribution >= 0.6 is 12.4 Å². The van der Waals surface area contributed by atoms with E-state index >= 15 is 0 Å². The van der Waals surface area contributed by atoms with Gasteiger partial charge in [0.1, 0.15) is 0 Å². The number of hydrogen-bond donors (Lipinski definition) is 2. The average Bonchev–Trinajstić information content (AvgIpc) is 2.17. The van der Waals surface area contributed by atoms with Gasteiger partial charge in [-0.1, -0.05) is 6.92 Å². The Hall–Kier alpha value is 0.160. The molecule has 0 saturated carbocycles.